The molecule has 1 aliphatic heterocycles. The van der Waals surface area contributed by atoms with Crippen LogP contribution in [0.5, 0.6) is 5.75 Å². The summed E-state index contributed by atoms with van der Waals surface area (Å²) in [5.74, 6) is 1.73. The van der Waals surface area contributed by atoms with Crippen molar-refractivity contribution in [3.05, 3.63) is 29.8 Å². The quantitative estimate of drug-likeness (QED) is 0.819. The SMILES string of the molecule is CCC1CCNC1c1ccc(OC)cc1. The fourth-order valence-electron chi connectivity index (χ4n) is 2.40. The van der Waals surface area contributed by atoms with E-state index in [4.69, 9.17) is 4.74 Å². The first-order chi connectivity index (χ1) is 7.35. The summed E-state index contributed by atoms with van der Waals surface area (Å²) in [4.78, 5) is 0. The van der Waals surface area contributed by atoms with Crippen molar-refractivity contribution >= 4 is 0 Å². The Morgan fingerprint density at radius 1 is 1.33 bits per heavy atom. The number of ether oxygens (including phenoxy) is 1. The highest BCUT2D eigenvalue weighted by Gasteiger charge is 2.26. The van der Waals surface area contributed by atoms with Gasteiger partial charge in [-0.05, 0) is 36.6 Å². The number of rotatable bonds is 3. The third-order valence-corrected chi connectivity index (χ3v) is 3.35. The molecule has 1 aromatic carbocycles. The Morgan fingerprint density at radius 2 is 2.07 bits per heavy atom. The Labute approximate surface area is 91.6 Å². The van der Waals surface area contributed by atoms with Gasteiger partial charge in [0.15, 0.2) is 0 Å². The zero-order chi connectivity index (χ0) is 10.7. The zero-order valence-corrected chi connectivity index (χ0v) is 9.49. The molecular weight excluding hydrogens is 186 g/mol. The van der Waals surface area contributed by atoms with Crippen LogP contribution in [0.1, 0.15) is 31.4 Å². The molecule has 2 atom stereocenters. The summed E-state index contributed by atoms with van der Waals surface area (Å²) in [6, 6.07) is 8.97. The van der Waals surface area contributed by atoms with Gasteiger partial charge in [-0.3, -0.25) is 0 Å². The van der Waals surface area contributed by atoms with Crippen LogP contribution in [0.25, 0.3) is 0 Å². The van der Waals surface area contributed by atoms with Crippen LogP contribution in [-0.4, -0.2) is 13.7 Å². The molecule has 0 radical (unpaired) electrons. The molecule has 2 heteroatoms. The van der Waals surface area contributed by atoms with Gasteiger partial charge in [-0.1, -0.05) is 25.5 Å². The first-order valence-electron chi connectivity index (χ1n) is 5.72. The van der Waals surface area contributed by atoms with Crippen LogP contribution in [0.15, 0.2) is 24.3 Å². The molecule has 0 amide bonds. The summed E-state index contributed by atoms with van der Waals surface area (Å²) in [7, 11) is 1.71. The van der Waals surface area contributed by atoms with Crippen molar-refractivity contribution in [3.63, 3.8) is 0 Å². The van der Waals surface area contributed by atoms with E-state index in [-0.39, 0.29) is 0 Å². The van der Waals surface area contributed by atoms with Crippen LogP contribution in [-0.2, 0) is 0 Å². The van der Waals surface area contributed by atoms with Crippen LogP contribution < -0.4 is 10.1 Å². The fraction of sp³-hybridized carbons (Fsp3) is 0.538. The van der Waals surface area contributed by atoms with E-state index in [1.54, 1.807) is 7.11 Å². The van der Waals surface area contributed by atoms with Gasteiger partial charge in [0.25, 0.3) is 0 Å². The number of hydrogen-bond donors (Lipinski definition) is 1. The van der Waals surface area contributed by atoms with Crippen molar-refractivity contribution in [2.45, 2.75) is 25.8 Å². The molecule has 82 valence electrons. The monoisotopic (exact) mass is 205 g/mol. The molecule has 0 saturated carbocycles. The van der Waals surface area contributed by atoms with Gasteiger partial charge in [0, 0.05) is 6.04 Å². The summed E-state index contributed by atoms with van der Waals surface area (Å²) in [5.41, 5.74) is 1.39. The van der Waals surface area contributed by atoms with Crippen LogP contribution in [0, 0.1) is 5.92 Å². The molecule has 1 aromatic rings. The van der Waals surface area contributed by atoms with Gasteiger partial charge in [-0.15, -0.1) is 0 Å². The number of nitrogens with one attached hydrogen (secondary N) is 1. The second-order valence-electron chi connectivity index (χ2n) is 4.16. The van der Waals surface area contributed by atoms with E-state index < -0.39 is 0 Å². The van der Waals surface area contributed by atoms with Gasteiger partial charge in [0.2, 0.25) is 0 Å². The first-order valence-corrected chi connectivity index (χ1v) is 5.72. The molecule has 1 N–H and O–H groups in total. The summed E-state index contributed by atoms with van der Waals surface area (Å²) < 4.78 is 5.16. The van der Waals surface area contributed by atoms with Crippen molar-refractivity contribution in [3.8, 4) is 5.75 Å². The fourth-order valence-corrected chi connectivity index (χ4v) is 2.40. The predicted octanol–water partition coefficient (Wildman–Crippen LogP) is 2.76. The Hall–Kier alpha value is -1.02. The Morgan fingerprint density at radius 3 is 2.67 bits per heavy atom. The lowest BCUT2D eigenvalue weighted by molar-refractivity contribution is 0.413. The standard InChI is InChI=1S/C13H19NO/c1-3-10-8-9-14-13(10)11-4-6-12(15-2)7-5-11/h4-7,10,13-14H,3,8-9H2,1-2H3. The lowest BCUT2D eigenvalue weighted by atomic mass is 9.92. The van der Waals surface area contributed by atoms with E-state index in [9.17, 15) is 0 Å². The maximum Gasteiger partial charge on any atom is 0.118 e. The minimum Gasteiger partial charge on any atom is -0.497 e. The van der Waals surface area contributed by atoms with Gasteiger partial charge in [-0.25, -0.2) is 0 Å². The summed E-state index contributed by atoms with van der Waals surface area (Å²) in [6.07, 6.45) is 2.55. The molecule has 2 rings (SSSR count). The van der Waals surface area contributed by atoms with Crippen LogP contribution >= 0.6 is 0 Å². The van der Waals surface area contributed by atoms with Gasteiger partial charge >= 0.3 is 0 Å². The topological polar surface area (TPSA) is 21.3 Å². The Kier molecular flexibility index (Phi) is 3.27. The van der Waals surface area contributed by atoms with E-state index >= 15 is 0 Å². The van der Waals surface area contributed by atoms with E-state index in [0.717, 1.165) is 18.2 Å². The second-order valence-corrected chi connectivity index (χ2v) is 4.16. The molecule has 1 saturated heterocycles. The van der Waals surface area contributed by atoms with Crippen molar-refractivity contribution in [2.75, 3.05) is 13.7 Å². The van der Waals surface area contributed by atoms with Crippen LogP contribution in [0.4, 0.5) is 0 Å². The molecule has 1 aliphatic rings. The largest absolute Gasteiger partial charge is 0.497 e. The van der Waals surface area contributed by atoms with Gasteiger partial charge < -0.3 is 10.1 Å². The molecule has 2 unspecified atom stereocenters. The highest BCUT2D eigenvalue weighted by Crippen LogP contribution is 2.32. The summed E-state index contributed by atoms with van der Waals surface area (Å²) >= 11 is 0. The molecule has 0 aromatic heterocycles. The minimum absolute atomic E-state index is 0.543. The Balaban J connectivity index is 2.14. The highest BCUT2D eigenvalue weighted by molar-refractivity contribution is 5.29. The first kappa shape index (κ1) is 10.5. The number of benzene rings is 1. The van der Waals surface area contributed by atoms with Crippen molar-refractivity contribution in [2.24, 2.45) is 5.92 Å². The van der Waals surface area contributed by atoms with Gasteiger partial charge in [0.05, 0.1) is 7.11 Å². The van der Waals surface area contributed by atoms with E-state index in [1.807, 2.05) is 12.1 Å². The number of hydrogen-bond acceptors (Lipinski definition) is 2. The van der Waals surface area contributed by atoms with E-state index in [2.05, 4.69) is 24.4 Å². The van der Waals surface area contributed by atoms with E-state index in [1.165, 1.54) is 18.4 Å². The molecule has 0 spiro atoms. The predicted molar refractivity (Wildman–Crippen MR) is 62.1 cm³/mol. The average Bonchev–Trinajstić information content (AvgIpc) is 2.77. The molecule has 15 heavy (non-hydrogen) atoms. The molecule has 1 fully saturated rings. The van der Waals surface area contributed by atoms with E-state index in [0.29, 0.717) is 6.04 Å². The average molecular weight is 205 g/mol. The van der Waals surface area contributed by atoms with Crippen molar-refractivity contribution in [1.29, 1.82) is 0 Å². The maximum absolute atomic E-state index is 5.16. The maximum atomic E-state index is 5.16. The molecule has 0 aliphatic carbocycles. The molecule has 2 nitrogen and oxygen atoms in total. The zero-order valence-electron chi connectivity index (χ0n) is 9.49. The molecule has 0 bridgehead atoms. The minimum atomic E-state index is 0.543. The van der Waals surface area contributed by atoms with Gasteiger partial charge in [0.1, 0.15) is 5.75 Å². The highest BCUT2D eigenvalue weighted by atomic mass is 16.5. The van der Waals surface area contributed by atoms with Crippen LogP contribution in [0.2, 0.25) is 0 Å². The lowest BCUT2D eigenvalue weighted by Crippen LogP contribution is -2.17. The molecular formula is C13H19NO. The molecule has 1 heterocycles. The second kappa shape index (κ2) is 4.67. The lowest BCUT2D eigenvalue weighted by Gasteiger charge is -2.18. The smallest absolute Gasteiger partial charge is 0.118 e. The van der Waals surface area contributed by atoms with Crippen LogP contribution in [0.3, 0.4) is 0 Å². The van der Waals surface area contributed by atoms with Crippen molar-refractivity contribution in [1.82, 2.24) is 5.32 Å². The third-order valence-electron chi connectivity index (χ3n) is 3.35. The van der Waals surface area contributed by atoms with Gasteiger partial charge in [-0.2, -0.15) is 0 Å². The number of methoxy groups -OCH3 is 1. The summed E-state index contributed by atoms with van der Waals surface area (Å²) in [5, 5.41) is 3.57. The third kappa shape index (κ3) is 2.15. The summed E-state index contributed by atoms with van der Waals surface area (Å²) in [6.45, 7) is 3.42. The normalized spacial score (nSPS) is 25.5. The van der Waals surface area contributed by atoms with Crippen molar-refractivity contribution < 1.29 is 4.74 Å². The Bertz CT molecular complexity index is 307.